The number of benzene rings is 1. The first-order valence-corrected chi connectivity index (χ1v) is 8.77. The lowest BCUT2D eigenvalue weighted by Crippen LogP contribution is -2.30. The lowest BCUT2D eigenvalue weighted by molar-refractivity contribution is 0.153. The summed E-state index contributed by atoms with van der Waals surface area (Å²) in [6, 6.07) is 8.15. The fourth-order valence-electron chi connectivity index (χ4n) is 3.03. The van der Waals surface area contributed by atoms with Crippen molar-refractivity contribution in [3.05, 3.63) is 23.8 Å². The first kappa shape index (κ1) is 16.2. The van der Waals surface area contributed by atoms with Gasteiger partial charge in [0.15, 0.2) is 0 Å². The monoisotopic (exact) mass is 304 g/mol. The number of hydrogen-bond donors (Lipinski definition) is 1. The van der Waals surface area contributed by atoms with Crippen LogP contribution in [-0.2, 0) is 0 Å². The molecule has 0 bridgehead atoms. The Balaban J connectivity index is 2.05. The van der Waals surface area contributed by atoms with Crippen LogP contribution < -0.4 is 10.5 Å². The Hall–Kier alpha value is -1.18. The van der Waals surface area contributed by atoms with Crippen molar-refractivity contribution in [2.75, 3.05) is 18.9 Å². The van der Waals surface area contributed by atoms with E-state index in [1.165, 1.54) is 25.7 Å². The van der Waals surface area contributed by atoms with Crippen LogP contribution in [0.2, 0.25) is 0 Å². The third-order valence-corrected chi connectivity index (χ3v) is 5.16. The largest absolute Gasteiger partial charge is 0.492 e. The highest BCUT2D eigenvalue weighted by Crippen LogP contribution is 2.32. The molecule has 0 heterocycles. The van der Waals surface area contributed by atoms with E-state index in [0.717, 1.165) is 22.9 Å². The average molecular weight is 304 g/mol. The zero-order valence-corrected chi connectivity index (χ0v) is 13.5. The zero-order chi connectivity index (χ0) is 15.1. The Kier molecular flexibility index (Phi) is 6.41. The van der Waals surface area contributed by atoms with E-state index < -0.39 is 0 Å². The summed E-state index contributed by atoms with van der Waals surface area (Å²) in [7, 11) is 0. The van der Waals surface area contributed by atoms with Gasteiger partial charge in [0.2, 0.25) is 0 Å². The first-order valence-electron chi connectivity index (χ1n) is 7.78. The van der Waals surface area contributed by atoms with E-state index in [1.54, 1.807) is 11.8 Å². The first-order chi connectivity index (χ1) is 10.3. The molecule has 1 aromatic carbocycles. The molecule has 0 amide bonds. The molecule has 4 heteroatoms. The van der Waals surface area contributed by atoms with E-state index in [4.69, 9.17) is 10.5 Å². The van der Waals surface area contributed by atoms with E-state index in [2.05, 4.69) is 13.0 Å². The second kappa shape index (κ2) is 8.31. The van der Waals surface area contributed by atoms with Crippen molar-refractivity contribution in [1.29, 1.82) is 5.26 Å². The van der Waals surface area contributed by atoms with Gasteiger partial charge >= 0.3 is 0 Å². The molecule has 2 rings (SSSR count). The normalized spacial score (nSPS) is 21.8. The summed E-state index contributed by atoms with van der Waals surface area (Å²) in [6.07, 6.45) is 4.94. The second-order valence-corrected chi connectivity index (χ2v) is 6.83. The van der Waals surface area contributed by atoms with Gasteiger partial charge in [0.25, 0.3) is 0 Å². The van der Waals surface area contributed by atoms with Crippen LogP contribution in [0, 0.1) is 23.2 Å². The molecule has 1 fully saturated rings. The van der Waals surface area contributed by atoms with Gasteiger partial charge in [-0.05, 0) is 49.1 Å². The molecule has 1 saturated carbocycles. The topological polar surface area (TPSA) is 59.0 Å². The molecular weight excluding hydrogens is 280 g/mol. The lowest BCUT2D eigenvalue weighted by atomic mass is 9.80. The molecular formula is C17H24N2OS. The minimum atomic E-state index is 0.526. The van der Waals surface area contributed by atoms with E-state index >= 15 is 0 Å². The fourth-order valence-corrected chi connectivity index (χ4v) is 3.80. The van der Waals surface area contributed by atoms with Crippen LogP contribution in [0.25, 0.3) is 0 Å². The van der Waals surface area contributed by atoms with Gasteiger partial charge in [-0.1, -0.05) is 25.8 Å². The number of ether oxygens (including phenoxy) is 1. The van der Waals surface area contributed by atoms with Crippen LogP contribution in [0.5, 0.6) is 5.75 Å². The van der Waals surface area contributed by atoms with Crippen LogP contribution in [-0.4, -0.2) is 18.9 Å². The van der Waals surface area contributed by atoms with Gasteiger partial charge in [0.05, 0.1) is 6.61 Å². The van der Waals surface area contributed by atoms with E-state index in [1.807, 2.05) is 18.2 Å². The van der Waals surface area contributed by atoms with Crippen LogP contribution in [0.15, 0.2) is 23.1 Å². The fraction of sp³-hybridized carbons (Fsp3) is 0.588. The van der Waals surface area contributed by atoms with Crippen molar-refractivity contribution in [3.8, 4) is 11.8 Å². The standard InChI is InChI=1S/C17H24N2OS/c1-2-21-17-9-5-8-16(15(17)11-19)20-12-14-7-4-3-6-13(14)10-18/h5,8-9,13-14H,2-4,6-7,10,12,18H2,1H3. The van der Waals surface area contributed by atoms with E-state index in [-0.39, 0.29) is 0 Å². The molecule has 0 spiro atoms. The van der Waals surface area contributed by atoms with Gasteiger partial charge < -0.3 is 10.5 Å². The summed E-state index contributed by atoms with van der Waals surface area (Å²) in [5.41, 5.74) is 6.54. The SMILES string of the molecule is CCSc1cccc(OCC2CCCCC2CN)c1C#N. The van der Waals surface area contributed by atoms with Crippen molar-refractivity contribution >= 4 is 11.8 Å². The van der Waals surface area contributed by atoms with Gasteiger partial charge in [-0.15, -0.1) is 11.8 Å². The minimum Gasteiger partial charge on any atom is -0.492 e. The van der Waals surface area contributed by atoms with Crippen molar-refractivity contribution in [3.63, 3.8) is 0 Å². The van der Waals surface area contributed by atoms with E-state index in [9.17, 15) is 5.26 Å². The maximum Gasteiger partial charge on any atom is 0.138 e. The van der Waals surface area contributed by atoms with Crippen LogP contribution in [0.4, 0.5) is 0 Å². The van der Waals surface area contributed by atoms with Crippen molar-refractivity contribution < 1.29 is 4.74 Å². The molecule has 3 nitrogen and oxygen atoms in total. The second-order valence-electron chi connectivity index (χ2n) is 5.53. The van der Waals surface area contributed by atoms with Gasteiger partial charge in [0.1, 0.15) is 17.4 Å². The number of rotatable bonds is 6. The predicted molar refractivity (Wildman–Crippen MR) is 87.6 cm³/mol. The summed E-state index contributed by atoms with van der Waals surface area (Å²) in [5, 5.41) is 9.40. The number of nitriles is 1. The third-order valence-electron chi connectivity index (χ3n) is 4.22. The number of nitrogens with two attached hydrogens (primary N) is 1. The number of hydrogen-bond acceptors (Lipinski definition) is 4. The molecule has 114 valence electrons. The molecule has 2 N–H and O–H groups in total. The van der Waals surface area contributed by atoms with Crippen LogP contribution >= 0.6 is 11.8 Å². The summed E-state index contributed by atoms with van der Waals surface area (Å²) in [5.74, 6) is 2.77. The molecule has 0 aliphatic heterocycles. The maximum absolute atomic E-state index is 9.40. The molecule has 0 aromatic heterocycles. The molecule has 0 radical (unpaired) electrons. The Bertz CT molecular complexity index is 498. The summed E-state index contributed by atoms with van der Waals surface area (Å²) >= 11 is 1.68. The zero-order valence-electron chi connectivity index (χ0n) is 12.7. The minimum absolute atomic E-state index is 0.526. The molecule has 2 atom stereocenters. The van der Waals surface area contributed by atoms with E-state index in [0.29, 0.717) is 24.0 Å². The van der Waals surface area contributed by atoms with Gasteiger partial charge in [0, 0.05) is 4.90 Å². The highest BCUT2D eigenvalue weighted by atomic mass is 32.2. The van der Waals surface area contributed by atoms with Crippen LogP contribution in [0.1, 0.15) is 38.2 Å². The molecule has 21 heavy (non-hydrogen) atoms. The Morgan fingerprint density at radius 1 is 1.33 bits per heavy atom. The molecule has 1 aliphatic carbocycles. The Labute approximate surface area is 131 Å². The smallest absolute Gasteiger partial charge is 0.138 e. The summed E-state index contributed by atoms with van der Waals surface area (Å²) in [4.78, 5) is 1.01. The van der Waals surface area contributed by atoms with Crippen molar-refractivity contribution in [1.82, 2.24) is 0 Å². The summed E-state index contributed by atoms with van der Waals surface area (Å²) < 4.78 is 6.00. The van der Waals surface area contributed by atoms with Crippen molar-refractivity contribution in [2.24, 2.45) is 17.6 Å². The van der Waals surface area contributed by atoms with Crippen LogP contribution in [0.3, 0.4) is 0 Å². The Morgan fingerprint density at radius 2 is 2.10 bits per heavy atom. The highest BCUT2D eigenvalue weighted by molar-refractivity contribution is 7.99. The third kappa shape index (κ3) is 4.15. The maximum atomic E-state index is 9.40. The average Bonchev–Trinajstić information content (AvgIpc) is 2.53. The molecule has 1 aliphatic rings. The summed E-state index contributed by atoms with van der Waals surface area (Å²) in [6.45, 7) is 3.51. The molecule has 2 unspecified atom stereocenters. The van der Waals surface area contributed by atoms with Crippen molar-refractivity contribution in [2.45, 2.75) is 37.5 Å². The van der Waals surface area contributed by atoms with Gasteiger partial charge in [-0.3, -0.25) is 0 Å². The van der Waals surface area contributed by atoms with Gasteiger partial charge in [-0.25, -0.2) is 0 Å². The quantitative estimate of drug-likeness (QED) is 0.812. The molecule has 0 saturated heterocycles. The predicted octanol–water partition coefficient (Wildman–Crippen LogP) is 3.81. The lowest BCUT2D eigenvalue weighted by Gasteiger charge is -2.30. The van der Waals surface area contributed by atoms with Gasteiger partial charge in [-0.2, -0.15) is 5.26 Å². The number of nitrogens with zero attached hydrogens (tertiary/aromatic N) is 1. The highest BCUT2D eigenvalue weighted by Gasteiger charge is 2.24. The number of thioether (sulfide) groups is 1. The Morgan fingerprint density at radius 3 is 2.76 bits per heavy atom. The molecule has 1 aromatic rings.